The lowest BCUT2D eigenvalue weighted by Gasteiger charge is -2.15. The van der Waals surface area contributed by atoms with Crippen LogP contribution in [0.5, 0.6) is 5.75 Å². The van der Waals surface area contributed by atoms with Crippen LogP contribution in [0.4, 0.5) is 0 Å². The molecular formula is C14H18BrN2O3PS. The number of halogens is 1. The topological polar surface area (TPSA) is 53.4 Å². The van der Waals surface area contributed by atoms with Crippen LogP contribution < -0.4 is 4.52 Å². The van der Waals surface area contributed by atoms with Crippen LogP contribution in [0.15, 0.2) is 41.1 Å². The summed E-state index contributed by atoms with van der Waals surface area (Å²) < 4.78 is 26.2. The molecule has 2 rings (SSSR count). The Hall–Kier alpha value is -0.750. The van der Waals surface area contributed by atoms with Gasteiger partial charge in [-0.1, -0.05) is 22.9 Å². The van der Waals surface area contributed by atoms with Gasteiger partial charge in [0.15, 0.2) is 5.75 Å². The van der Waals surface area contributed by atoms with Crippen LogP contribution in [0, 0.1) is 0 Å². The number of rotatable bonds is 8. The molecule has 120 valence electrons. The Morgan fingerprint density at radius 2 is 2.05 bits per heavy atom. The predicted octanol–water partition coefficient (Wildman–Crippen LogP) is 5.30. The Bertz CT molecular complexity index is 648. The second kappa shape index (κ2) is 8.20. The van der Waals surface area contributed by atoms with Gasteiger partial charge in [-0.2, -0.15) is 5.10 Å². The first-order valence-electron chi connectivity index (χ1n) is 6.95. The van der Waals surface area contributed by atoms with Crippen molar-refractivity contribution in [3.63, 3.8) is 0 Å². The standard InChI is InChI=1S/C14H18BrN2O3PS/c1-3-9-22-21(18,19-4-2)20-14-10-16-17(11-14)13-7-5-12(15)6-8-13/h5-8,10-11H,3-4,9H2,1-2H3. The lowest BCUT2D eigenvalue weighted by molar-refractivity contribution is 0.296. The van der Waals surface area contributed by atoms with E-state index in [1.54, 1.807) is 24.0 Å². The molecule has 22 heavy (non-hydrogen) atoms. The second-order valence-electron chi connectivity index (χ2n) is 4.39. The van der Waals surface area contributed by atoms with Crippen molar-refractivity contribution in [3.05, 3.63) is 41.1 Å². The van der Waals surface area contributed by atoms with E-state index in [2.05, 4.69) is 21.0 Å². The minimum Gasteiger partial charge on any atom is -0.414 e. The molecule has 0 aliphatic rings. The molecule has 1 aromatic heterocycles. The summed E-state index contributed by atoms with van der Waals surface area (Å²) in [5.41, 5.74) is 0.894. The molecule has 0 N–H and O–H groups in total. The summed E-state index contributed by atoms with van der Waals surface area (Å²) in [5, 5.41) is 4.23. The van der Waals surface area contributed by atoms with Crippen LogP contribution in [0.1, 0.15) is 20.3 Å². The highest BCUT2D eigenvalue weighted by Gasteiger charge is 2.27. The van der Waals surface area contributed by atoms with E-state index in [9.17, 15) is 4.57 Å². The quantitative estimate of drug-likeness (QED) is 0.558. The van der Waals surface area contributed by atoms with Gasteiger partial charge in [-0.15, -0.1) is 0 Å². The largest absolute Gasteiger partial charge is 0.440 e. The maximum absolute atomic E-state index is 12.6. The van der Waals surface area contributed by atoms with Crippen molar-refractivity contribution < 1.29 is 13.6 Å². The van der Waals surface area contributed by atoms with E-state index in [-0.39, 0.29) is 0 Å². The third-order valence-electron chi connectivity index (χ3n) is 2.61. The molecule has 0 radical (unpaired) electrons. The first-order chi connectivity index (χ1) is 10.6. The lowest BCUT2D eigenvalue weighted by Crippen LogP contribution is -1.96. The molecule has 1 heterocycles. The normalized spacial score (nSPS) is 13.8. The van der Waals surface area contributed by atoms with E-state index in [1.165, 1.54) is 11.4 Å². The molecule has 0 bridgehead atoms. The molecule has 2 aromatic rings. The van der Waals surface area contributed by atoms with Gasteiger partial charge >= 0.3 is 6.80 Å². The van der Waals surface area contributed by atoms with Crippen LogP contribution in [0.25, 0.3) is 5.69 Å². The Balaban J connectivity index is 2.12. The fraction of sp³-hybridized carbons (Fsp3) is 0.357. The Morgan fingerprint density at radius 3 is 2.68 bits per heavy atom. The molecule has 1 atom stereocenters. The highest BCUT2D eigenvalue weighted by Crippen LogP contribution is 2.60. The lowest BCUT2D eigenvalue weighted by atomic mass is 10.3. The molecule has 0 aliphatic heterocycles. The zero-order valence-corrected chi connectivity index (χ0v) is 15.7. The van der Waals surface area contributed by atoms with Crippen LogP contribution in [0.2, 0.25) is 0 Å². The Morgan fingerprint density at radius 1 is 1.32 bits per heavy atom. The minimum atomic E-state index is -3.19. The van der Waals surface area contributed by atoms with Crippen molar-refractivity contribution in [3.8, 4) is 11.4 Å². The van der Waals surface area contributed by atoms with Gasteiger partial charge in [0.05, 0.1) is 24.7 Å². The van der Waals surface area contributed by atoms with Crippen LogP contribution in [-0.2, 0) is 9.09 Å². The van der Waals surface area contributed by atoms with Gasteiger partial charge in [0.2, 0.25) is 0 Å². The number of benzene rings is 1. The number of nitrogens with zero attached hydrogens (tertiary/aromatic N) is 2. The SMILES string of the molecule is CCCSP(=O)(OCC)Oc1cnn(-c2ccc(Br)cc2)c1. The fourth-order valence-corrected chi connectivity index (χ4v) is 5.36. The summed E-state index contributed by atoms with van der Waals surface area (Å²) in [4.78, 5) is 0. The molecule has 0 amide bonds. The molecule has 5 nitrogen and oxygen atoms in total. The van der Waals surface area contributed by atoms with Crippen molar-refractivity contribution >= 4 is 34.1 Å². The van der Waals surface area contributed by atoms with Gasteiger partial charge in [-0.3, -0.25) is 4.52 Å². The summed E-state index contributed by atoms with van der Waals surface area (Å²) in [6.45, 7) is 0.976. The molecule has 1 aromatic carbocycles. The summed E-state index contributed by atoms with van der Waals surface area (Å²) in [7, 11) is 0. The van der Waals surface area contributed by atoms with Gasteiger partial charge in [-0.25, -0.2) is 9.25 Å². The van der Waals surface area contributed by atoms with Crippen molar-refractivity contribution in [2.75, 3.05) is 12.4 Å². The summed E-state index contributed by atoms with van der Waals surface area (Å²) in [5.74, 6) is 1.15. The number of hydrogen-bond acceptors (Lipinski definition) is 5. The number of aromatic nitrogens is 2. The zero-order valence-electron chi connectivity index (χ0n) is 12.4. The Kier molecular flexibility index (Phi) is 6.56. The van der Waals surface area contributed by atoms with Gasteiger partial charge in [-0.05, 0) is 49.0 Å². The third kappa shape index (κ3) is 4.88. The highest BCUT2D eigenvalue weighted by molar-refractivity contribution is 9.10. The summed E-state index contributed by atoms with van der Waals surface area (Å²) in [6, 6.07) is 7.71. The molecular weight excluding hydrogens is 387 g/mol. The monoisotopic (exact) mass is 404 g/mol. The summed E-state index contributed by atoms with van der Waals surface area (Å²) in [6.07, 6.45) is 4.14. The first kappa shape index (κ1) is 17.6. The zero-order chi connectivity index (χ0) is 16.0. The highest BCUT2D eigenvalue weighted by atomic mass is 79.9. The van der Waals surface area contributed by atoms with E-state index >= 15 is 0 Å². The maximum Gasteiger partial charge on any atom is 0.440 e. The molecule has 0 spiro atoms. The molecule has 8 heteroatoms. The van der Waals surface area contributed by atoms with E-state index in [4.69, 9.17) is 9.05 Å². The average Bonchev–Trinajstić information content (AvgIpc) is 2.94. The van der Waals surface area contributed by atoms with E-state index < -0.39 is 6.80 Å². The molecule has 1 unspecified atom stereocenters. The van der Waals surface area contributed by atoms with E-state index in [0.717, 1.165) is 22.3 Å². The average molecular weight is 405 g/mol. The van der Waals surface area contributed by atoms with Crippen molar-refractivity contribution in [2.24, 2.45) is 0 Å². The molecule has 0 saturated heterocycles. The summed E-state index contributed by atoms with van der Waals surface area (Å²) >= 11 is 4.61. The predicted molar refractivity (Wildman–Crippen MR) is 93.9 cm³/mol. The van der Waals surface area contributed by atoms with E-state index in [0.29, 0.717) is 12.4 Å². The van der Waals surface area contributed by atoms with Gasteiger partial charge in [0.25, 0.3) is 0 Å². The van der Waals surface area contributed by atoms with Crippen molar-refractivity contribution in [1.29, 1.82) is 0 Å². The smallest absolute Gasteiger partial charge is 0.414 e. The van der Waals surface area contributed by atoms with Gasteiger partial charge < -0.3 is 4.52 Å². The fourth-order valence-electron chi connectivity index (χ4n) is 1.67. The van der Waals surface area contributed by atoms with Crippen LogP contribution in [0.3, 0.4) is 0 Å². The molecule has 0 fully saturated rings. The Labute approximate surface area is 142 Å². The van der Waals surface area contributed by atoms with Crippen molar-refractivity contribution in [1.82, 2.24) is 9.78 Å². The van der Waals surface area contributed by atoms with Gasteiger partial charge in [0, 0.05) is 10.2 Å². The minimum absolute atomic E-state index is 0.342. The third-order valence-corrected chi connectivity index (χ3v) is 7.09. The van der Waals surface area contributed by atoms with E-state index in [1.807, 2.05) is 31.2 Å². The first-order valence-corrected chi connectivity index (χ1v) is 10.9. The molecule has 0 aliphatic carbocycles. The molecule has 0 saturated carbocycles. The van der Waals surface area contributed by atoms with Crippen molar-refractivity contribution in [2.45, 2.75) is 20.3 Å². The maximum atomic E-state index is 12.6. The van der Waals surface area contributed by atoms with Crippen LogP contribution >= 0.6 is 34.1 Å². The number of hydrogen-bond donors (Lipinski definition) is 0. The van der Waals surface area contributed by atoms with Crippen LogP contribution in [-0.4, -0.2) is 22.1 Å². The second-order valence-corrected chi connectivity index (χ2v) is 9.42. The van der Waals surface area contributed by atoms with Gasteiger partial charge in [0.1, 0.15) is 0 Å².